The second kappa shape index (κ2) is 22.4. The minimum Gasteiger partial charge on any atom is -0.381 e. The van der Waals surface area contributed by atoms with Crippen molar-refractivity contribution < 1.29 is 33.1 Å². The highest BCUT2D eigenvalue weighted by molar-refractivity contribution is 7.46. The molecule has 2 N–H and O–H groups in total. The Morgan fingerprint density at radius 3 is 1.86 bits per heavy atom. The summed E-state index contributed by atoms with van der Waals surface area (Å²) in [5.41, 5.74) is 0.972. The van der Waals surface area contributed by atoms with E-state index >= 15 is 0 Å². The van der Waals surface area contributed by atoms with Crippen molar-refractivity contribution in [2.75, 3.05) is 33.0 Å². The van der Waals surface area contributed by atoms with E-state index in [2.05, 4.69) is 11.4 Å². The summed E-state index contributed by atoms with van der Waals surface area (Å²) in [6.45, 7) is 4.49. The van der Waals surface area contributed by atoms with Crippen LogP contribution in [0.25, 0.3) is 0 Å². The maximum Gasteiger partial charge on any atom is 0.469 e. The molecule has 1 atom stereocenters. The van der Waals surface area contributed by atoms with Gasteiger partial charge in [-0.25, -0.2) is 4.57 Å². The van der Waals surface area contributed by atoms with Crippen LogP contribution in [0.2, 0.25) is 0 Å². The molecular weight excluding hydrogens is 467 g/mol. The van der Waals surface area contributed by atoms with Gasteiger partial charge in [-0.15, -0.1) is 0 Å². The van der Waals surface area contributed by atoms with Gasteiger partial charge in [-0.2, -0.15) is 0 Å². The zero-order valence-corrected chi connectivity index (χ0v) is 22.7. The Kier molecular flexibility index (Phi) is 20.6. The van der Waals surface area contributed by atoms with E-state index in [4.69, 9.17) is 24.0 Å². The average molecular weight is 517 g/mol. The number of benzene rings is 1. The van der Waals surface area contributed by atoms with Crippen molar-refractivity contribution in [1.82, 2.24) is 0 Å². The fraction of sp³-hybridized carbons (Fsp3) is 0.778. The Morgan fingerprint density at radius 1 is 0.714 bits per heavy atom. The minimum atomic E-state index is -4.55. The van der Waals surface area contributed by atoms with Crippen LogP contribution in [0.3, 0.4) is 0 Å². The van der Waals surface area contributed by atoms with Crippen LogP contribution in [-0.2, 0) is 29.9 Å². The molecule has 0 aliphatic heterocycles. The molecule has 1 aromatic rings. The van der Waals surface area contributed by atoms with Crippen LogP contribution in [-0.4, -0.2) is 48.9 Å². The first-order valence-electron chi connectivity index (χ1n) is 13.5. The highest BCUT2D eigenvalue weighted by Gasteiger charge is 2.19. The number of ether oxygens (including phenoxy) is 3. The zero-order chi connectivity index (χ0) is 25.5. The third kappa shape index (κ3) is 22.2. The smallest absolute Gasteiger partial charge is 0.381 e. The SMILES string of the molecule is CCCCCCCCCCCCCCOCCCOCC(COP(=O)(O)O)OCc1ccccc1. The third-order valence-electron chi connectivity index (χ3n) is 5.78. The number of hydrogen-bond donors (Lipinski definition) is 2. The van der Waals surface area contributed by atoms with Gasteiger partial charge in [0.25, 0.3) is 0 Å². The van der Waals surface area contributed by atoms with Crippen LogP contribution in [0.5, 0.6) is 0 Å². The molecule has 1 unspecified atom stereocenters. The van der Waals surface area contributed by atoms with Crippen molar-refractivity contribution in [1.29, 1.82) is 0 Å². The van der Waals surface area contributed by atoms with Crippen molar-refractivity contribution >= 4 is 7.82 Å². The predicted molar refractivity (Wildman–Crippen MR) is 140 cm³/mol. The first kappa shape index (κ1) is 32.2. The standard InChI is InChI=1S/C27H49O7P/c1-2-3-4-5-6-7-8-9-10-11-12-16-20-31-21-17-22-32-24-27(25-34-35(28,29)30)33-23-26-18-14-13-15-19-26/h13-15,18-19,27H,2-12,16-17,20-25H2,1H3,(H2,28,29,30). The van der Waals surface area contributed by atoms with Gasteiger partial charge in [0.1, 0.15) is 6.10 Å². The number of phosphoric ester groups is 1. The van der Waals surface area contributed by atoms with Gasteiger partial charge in [0, 0.05) is 19.8 Å². The van der Waals surface area contributed by atoms with Gasteiger partial charge in [0.15, 0.2) is 0 Å². The third-order valence-corrected chi connectivity index (χ3v) is 6.27. The lowest BCUT2D eigenvalue weighted by Crippen LogP contribution is -2.25. The Balaban J connectivity index is 1.96. The molecule has 0 aliphatic rings. The maximum atomic E-state index is 11.0. The van der Waals surface area contributed by atoms with Crippen molar-refractivity contribution in [2.24, 2.45) is 0 Å². The van der Waals surface area contributed by atoms with E-state index in [0.717, 1.165) is 25.0 Å². The molecule has 0 spiro atoms. The van der Waals surface area contributed by atoms with Crippen LogP contribution in [0.4, 0.5) is 0 Å². The van der Waals surface area contributed by atoms with E-state index in [1.54, 1.807) is 0 Å². The van der Waals surface area contributed by atoms with Crippen molar-refractivity contribution in [3.8, 4) is 0 Å². The zero-order valence-electron chi connectivity index (χ0n) is 21.8. The van der Waals surface area contributed by atoms with Gasteiger partial charge in [0.05, 0.1) is 19.8 Å². The fourth-order valence-corrected chi connectivity index (χ4v) is 4.10. The molecule has 1 aromatic carbocycles. The van der Waals surface area contributed by atoms with Crippen LogP contribution in [0.15, 0.2) is 30.3 Å². The lowest BCUT2D eigenvalue weighted by molar-refractivity contribution is -0.0513. The summed E-state index contributed by atoms with van der Waals surface area (Å²) in [7, 11) is -4.55. The molecular formula is C27H49O7P. The summed E-state index contributed by atoms with van der Waals surface area (Å²) >= 11 is 0. The average Bonchev–Trinajstić information content (AvgIpc) is 2.84. The van der Waals surface area contributed by atoms with Crippen LogP contribution in [0.1, 0.15) is 96.0 Å². The van der Waals surface area contributed by atoms with Crippen LogP contribution in [0, 0.1) is 0 Å². The number of unbranched alkanes of at least 4 members (excludes halogenated alkanes) is 11. The lowest BCUT2D eigenvalue weighted by atomic mass is 10.1. The van der Waals surface area contributed by atoms with Crippen molar-refractivity contribution in [3.05, 3.63) is 35.9 Å². The first-order valence-corrected chi connectivity index (χ1v) is 15.1. The van der Waals surface area contributed by atoms with Crippen molar-refractivity contribution in [2.45, 2.75) is 103 Å². The molecule has 0 radical (unpaired) electrons. The number of phosphoric acid groups is 1. The van der Waals surface area contributed by atoms with Gasteiger partial charge in [0.2, 0.25) is 0 Å². The van der Waals surface area contributed by atoms with E-state index in [1.165, 1.54) is 70.6 Å². The highest BCUT2D eigenvalue weighted by atomic mass is 31.2. The van der Waals surface area contributed by atoms with Crippen molar-refractivity contribution in [3.63, 3.8) is 0 Å². The van der Waals surface area contributed by atoms with E-state index in [9.17, 15) is 4.57 Å². The molecule has 0 fully saturated rings. The second-order valence-corrected chi connectivity index (χ2v) is 10.4. The summed E-state index contributed by atoms with van der Waals surface area (Å²) in [6, 6.07) is 9.59. The Labute approximate surface area is 213 Å². The van der Waals surface area contributed by atoms with Gasteiger partial charge in [-0.1, -0.05) is 108 Å². The molecule has 0 amide bonds. The van der Waals surface area contributed by atoms with E-state index in [0.29, 0.717) is 19.8 Å². The van der Waals surface area contributed by atoms with Crippen LogP contribution < -0.4 is 0 Å². The van der Waals surface area contributed by atoms with Crippen LogP contribution >= 0.6 is 7.82 Å². The fourth-order valence-electron chi connectivity index (χ4n) is 3.74. The van der Waals surface area contributed by atoms with Gasteiger partial charge < -0.3 is 24.0 Å². The summed E-state index contributed by atoms with van der Waals surface area (Å²) in [4.78, 5) is 17.9. The van der Waals surface area contributed by atoms with E-state index in [1.807, 2.05) is 30.3 Å². The molecule has 7 nitrogen and oxygen atoms in total. The van der Waals surface area contributed by atoms with Gasteiger partial charge >= 0.3 is 7.82 Å². The summed E-state index contributed by atoms with van der Waals surface area (Å²) in [5.74, 6) is 0. The maximum absolute atomic E-state index is 11.0. The summed E-state index contributed by atoms with van der Waals surface area (Å²) in [6.07, 6.45) is 16.2. The predicted octanol–water partition coefficient (Wildman–Crippen LogP) is 6.81. The highest BCUT2D eigenvalue weighted by Crippen LogP contribution is 2.35. The molecule has 204 valence electrons. The molecule has 8 heteroatoms. The monoisotopic (exact) mass is 516 g/mol. The van der Waals surface area contributed by atoms with E-state index < -0.39 is 13.9 Å². The lowest BCUT2D eigenvalue weighted by Gasteiger charge is -2.18. The minimum absolute atomic E-state index is 0.200. The number of rotatable bonds is 25. The Morgan fingerprint density at radius 2 is 1.26 bits per heavy atom. The molecule has 35 heavy (non-hydrogen) atoms. The molecule has 0 aliphatic carbocycles. The first-order chi connectivity index (χ1) is 17.0. The van der Waals surface area contributed by atoms with E-state index in [-0.39, 0.29) is 13.2 Å². The summed E-state index contributed by atoms with van der Waals surface area (Å²) < 4.78 is 32.7. The van der Waals surface area contributed by atoms with Gasteiger partial charge in [-0.3, -0.25) is 4.52 Å². The summed E-state index contributed by atoms with van der Waals surface area (Å²) in [5, 5.41) is 0. The Hall–Kier alpha value is -0.790. The molecule has 0 saturated carbocycles. The molecule has 0 aromatic heterocycles. The second-order valence-electron chi connectivity index (χ2n) is 9.13. The topological polar surface area (TPSA) is 94.5 Å². The largest absolute Gasteiger partial charge is 0.469 e. The number of hydrogen-bond acceptors (Lipinski definition) is 5. The van der Waals surface area contributed by atoms with Gasteiger partial charge in [-0.05, 0) is 18.4 Å². The Bertz CT molecular complexity index is 623. The molecule has 0 saturated heterocycles. The molecule has 0 heterocycles. The molecule has 1 rings (SSSR count). The quantitative estimate of drug-likeness (QED) is 0.109. The normalized spacial score (nSPS) is 12.8. The molecule has 0 bridgehead atoms.